The van der Waals surface area contributed by atoms with Gasteiger partial charge in [-0.2, -0.15) is 4.31 Å². The Bertz CT molecular complexity index is 928. The molecule has 0 radical (unpaired) electrons. The monoisotopic (exact) mass is 417 g/mol. The molecule has 6 nitrogen and oxygen atoms in total. The Balaban J connectivity index is 1.59. The molecule has 2 aromatic rings. The molecule has 3 rings (SSSR count). The van der Waals surface area contributed by atoms with Crippen molar-refractivity contribution in [3.63, 3.8) is 0 Å². The summed E-state index contributed by atoms with van der Waals surface area (Å²) in [4.78, 5) is 12.7. The minimum atomic E-state index is -3.55. The Labute approximate surface area is 172 Å². The van der Waals surface area contributed by atoms with Crippen LogP contribution >= 0.6 is 0 Å². The Hall–Kier alpha value is -2.38. The third-order valence-corrected chi connectivity index (χ3v) is 7.16. The van der Waals surface area contributed by atoms with E-state index in [1.807, 2.05) is 12.1 Å². The van der Waals surface area contributed by atoms with Gasteiger partial charge in [0.15, 0.2) is 0 Å². The number of piperidine rings is 1. The van der Waals surface area contributed by atoms with E-state index in [-0.39, 0.29) is 11.9 Å². The number of sulfonamides is 1. The number of esters is 1. The summed E-state index contributed by atoms with van der Waals surface area (Å²) in [6, 6.07) is 13.8. The van der Waals surface area contributed by atoms with Gasteiger partial charge >= 0.3 is 5.97 Å². The molecule has 0 spiro atoms. The third kappa shape index (κ3) is 4.97. The van der Waals surface area contributed by atoms with Crippen LogP contribution in [0.5, 0.6) is 11.5 Å². The first kappa shape index (κ1) is 21.3. The maximum absolute atomic E-state index is 12.9. The lowest BCUT2D eigenvalue weighted by molar-refractivity contribution is -0.140. The van der Waals surface area contributed by atoms with Crippen LogP contribution < -0.4 is 9.47 Å². The quantitative estimate of drug-likeness (QED) is 0.528. The Morgan fingerprint density at radius 3 is 2.03 bits per heavy atom. The van der Waals surface area contributed by atoms with Crippen LogP contribution in [0.3, 0.4) is 0 Å². The summed E-state index contributed by atoms with van der Waals surface area (Å²) in [7, 11) is -1.98. The molecule has 1 aliphatic rings. The molecule has 0 aromatic heterocycles. The van der Waals surface area contributed by atoms with E-state index >= 15 is 0 Å². The lowest BCUT2D eigenvalue weighted by Gasteiger charge is -2.30. The number of nitrogens with zero attached hydrogens (tertiary/aromatic N) is 1. The largest absolute Gasteiger partial charge is 0.497 e. The molecule has 156 valence electrons. The second-order valence-electron chi connectivity index (χ2n) is 7.50. The van der Waals surface area contributed by atoms with Crippen molar-refractivity contribution in [3.05, 3.63) is 54.1 Å². The highest BCUT2D eigenvalue weighted by Crippen LogP contribution is 2.27. The van der Waals surface area contributed by atoms with Crippen molar-refractivity contribution in [2.24, 2.45) is 5.92 Å². The average Bonchev–Trinajstić information content (AvgIpc) is 2.74. The van der Waals surface area contributed by atoms with Gasteiger partial charge in [-0.3, -0.25) is 4.79 Å². The topological polar surface area (TPSA) is 72.9 Å². The van der Waals surface area contributed by atoms with E-state index in [0.717, 1.165) is 5.56 Å². The van der Waals surface area contributed by atoms with Crippen LogP contribution in [0.1, 0.15) is 38.2 Å². The Morgan fingerprint density at radius 2 is 1.52 bits per heavy atom. The van der Waals surface area contributed by atoms with Gasteiger partial charge in [-0.1, -0.05) is 26.0 Å². The van der Waals surface area contributed by atoms with Crippen LogP contribution in [-0.2, 0) is 14.8 Å². The number of carbonyl (C=O) groups is 1. The van der Waals surface area contributed by atoms with Crippen LogP contribution in [0.15, 0.2) is 53.4 Å². The fraction of sp³-hybridized carbons (Fsp3) is 0.409. The van der Waals surface area contributed by atoms with Crippen molar-refractivity contribution in [1.82, 2.24) is 4.31 Å². The summed E-state index contributed by atoms with van der Waals surface area (Å²) < 4.78 is 37.8. The highest BCUT2D eigenvalue weighted by molar-refractivity contribution is 7.89. The summed E-state index contributed by atoms with van der Waals surface area (Å²) >= 11 is 0. The predicted molar refractivity (Wildman–Crippen MR) is 111 cm³/mol. The molecule has 0 saturated carbocycles. The number of carbonyl (C=O) groups excluding carboxylic acids is 1. The van der Waals surface area contributed by atoms with E-state index in [0.29, 0.717) is 48.2 Å². The number of hydrogen-bond donors (Lipinski definition) is 0. The minimum absolute atomic E-state index is 0.293. The maximum atomic E-state index is 12.9. The molecule has 0 unspecified atom stereocenters. The van der Waals surface area contributed by atoms with Gasteiger partial charge < -0.3 is 9.47 Å². The second kappa shape index (κ2) is 8.97. The molecule has 1 fully saturated rings. The van der Waals surface area contributed by atoms with Crippen molar-refractivity contribution in [1.29, 1.82) is 0 Å². The molecule has 29 heavy (non-hydrogen) atoms. The average molecular weight is 418 g/mol. The van der Waals surface area contributed by atoms with Crippen LogP contribution in [0.2, 0.25) is 0 Å². The molecule has 7 heteroatoms. The maximum Gasteiger partial charge on any atom is 0.314 e. The summed E-state index contributed by atoms with van der Waals surface area (Å²) in [5.41, 5.74) is 1.10. The van der Waals surface area contributed by atoms with Crippen LogP contribution in [0.25, 0.3) is 0 Å². The molecule has 0 amide bonds. The van der Waals surface area contributed by atoms with E-state index in [4.69, 9.17) is 9.47 Å². The van der Waals surface area contributed by atoms with Gasteiger partial charge in [0.1, 0.15) is 11.5 Å². The van der Waals surface area contributed by atoms with Gasteiger partial charge in [-0.05, 0) is 60.7 Å². The summed E-state index contributed by atoms with van der Waals surface area (Å²) in [5.74, 6) is 0.848. The molecule has 1 saturated heterocycles. The fourth-order valence-electron chi connectivity index (χ4n) is 3.35. The molecule has 1 aliphatic heterocycles. The van der Waals surface area contributed by atoms with E-state index in [2.05, 4.69) is 13.8 Å². The Morgan fingerprint density at radius 1 is 0.966 bits per heavy atom. The molecule has 0 atom stereocenters. The Kier molecular flexibility index (Phi) is 6.59. The molecule has 0 N–H and O–H groups in total. The van der Waals surface area contributed by atoms with E-state index in [1.165, 1.54) is 4.31 Å². The molecule has 0 aliphatic carbocycles. The van der Waals surface area contributed by atoms with E-state index < -0.39 is 10.0 Å². The highest BCUT2D eigenvalue weighted by Gasteiger charge is 2.33. The zero-order chi connectivity index (χ0) is 21.0. The first-order valence-electron chi connectivity index (χ1n) is 9.77. The zero-order valence-electron chi connectivity index (χ0n) is 17.0. The van der Waals surface area contributed by atoms with Gasteiger partial charge in [-0.25, -0.2) is 8.42 Å². The summed E-state index contributed by atoms with van der Waals surface area (Å²) in [6.45, 7) is 4.74. The molecular formula is C22H27NO5S. The molecular weight excluding hydrogens is 390 g/mol. The zero-order valence-corrected chi connectivity index (χ0v) is 17.8. The van der Waals surface area contributed by atoms with Crippen molar-refractivity contribution >= 4 is 16.0 Å². The van der Waals surface area contributed by atoms with Gasteiger partial charge in [0.25, 0.3) is 0 Å². The predicted octanol–water partition coefficient (Wildman–Crippen LogP) is 3.82. The van der Waals surface area contributed by atoms with Crippen LogP contribution in [0, 0.1) is 5.92 Å². The molecule has 1 heterocycles. The third-order valence-electron chi connectivity index (χ3n) is 5.25. The van der Waals surface area contributed by atoms with Crippen molar-refractivity contribution in [2.45, 2.75) is 37.5 Å². The smallest absolute Gasteiger partial charge is 0.314 e. The SMILES string of the molecule is COc1ccc(OC(=O)C2CCN(S(=O)(=O)c3ccc(C(C)C)cc3)CC2)cc1. The minimum Gasteiger partial charge on any atom is -0.497 e. The van der Waals surface area contributed by atoms with Gasteiger partial charge in [0, 0.05) is 13.1 Å². The van der Waals surface area contributed by atoms with E-state index in [9.17, 15) is 13.2 Å². The van der Waals surface area contributed by atoms with Crippen molar-refractivity contribution < 1.29 is 22.7 Å². The number of rotatable bonds is 6. The normalized spacial score (nSPS) is 16.0. The second-order valence-corrected chi connectivity index (χ2v) is 9.44. The standard InChI is InChI=1S/C22H27NO5S/c1-16(2)17-4-10-21(11-5-17)29(25,26)23-14-12-18(13-15-23)22(24)28-20-8-6-19(27-3)7-9-20/h4-11,16,18H,12-15H2,1-3H3. The van der Waals surface area contributed by atoms with Gasteiger partial charge in [-0.15, -0.1) is 0 Å². The first-order valence-corrected chi connectivity index (χ1v) is 11.2. The van der Waals surface area contributed by atoms with Crippen molar-refractivity contribution in [3.8, 4) is 11.5 Å². The first-order chi connectivity index (χ1) is 13.8. The fourth-order valence-corrected chi connectivity index (χ4v) is 4.82. The van der Waals surface area contributed by atoms with Crippen LogP contribution in [-0.4, -0.2) is 38.9 Å². The number of benzene rings is 2. The summed E-state index contributed by atoms with van der Waals surface area (Å²) in [6.07, 6.45) is 0.886. The number of ether oxygens (including phenoxy) is 2. The lowest BCUT2D eigenvalue weighted by atomic mass is 9.98. The van der Waals surface area contributed by atoms with E-state index in [1.54, 1.807) is 43.5 Å². The van der Waals surface area contributed by atoms with Gasteiger partial charge in [0.2, 0.25) is 10.0 Å². The number of methoxy groups -OCH3 is 1. The molecule has 0 bridgehead atoms. The number of hydrogen-bond acceptors (Lipinski definition) is 5. The summed E-state index contributed by atoms with van der Waals surface area (Å²) in [5, 5.41) is 0. The lowest BCUT2D eigenvalue weighted by Crippen LogP contribution is -2.41. The molecule has 2 aromatic carbocycles. The van der Waals surface area contributed by atoms with Crippen molar-refractivity contribution in [2.75, 3.05) is 20.2 Å². The highest BCUT2D eigenvalue weighted by atomic mass is 32.2. The van der Waals surface area contributed by atoms with Gasteiger partial charge in [0.05, 0.1) is 17.9 Å². The van der Waals surface area contributed by atoms with Crippen LogP contribution in [0.4, 0.5) is 0 Å².